The average molecular weight is 583 g/mol. The van der Waals surface area contributed by atoms with Crippen LogP contribution >= 0.6 is 39.0 Å². The summed E-state index contributed by atoms with van der Waals surface area (Å²) >= 11 is 5.49. The van der Waals surface area contributed by atoms with E-state index >= 15 is 0 Å². The van der Waals surface area contributed by atoms with Crippen LogP contribution in [0, 0.1) is 6.92 Å². The summed E-state index contributed by atoms with van der Waals surface area (Å²) in [4.78, 5) is 37.2. The monoisotopic (exact) mass is 581 g/mol. The molecule has 0 aliphatic carbocycles. The zero-order chi connectivity index (χ0) is 25.7. The van der Waals surface area contributed by atoms with E-state index in [9.17, 15) is 14.4 Å². The summed E-state index contributed by atoms with van der Waals surface area (Å²) in [6.07, 6.45) is -0.365. The minimum absolute atomic E-state index is 0.00105. The molecule has 0 saturated carbocycles. The van der Waals surface area contributed by atoms with Crippen molar-refractivity contribution in [3.05, 3.63) is 50.6 Å². The SMILES string of the molecule is Cc1c(C(N)=O)sc(NC(=O)CSc2nnc(COc3ccc(Br)cc3)n2C)c1C(=O)OC(C)C. The maximum atomic E-state index is 12.6. The first-order valence-corrected chi connectivity index (χ1v) is 13.0. The van der Waals surface area contributed by atoms with Gasteiger partial charge in [0.25, 0.3) is 5.91 Å². The number of anilines is 1. The fourth-order valence-corrected chi connectivity index (χ4v) is 4.98. The molecule has 0 radical (unpaired) electrons. The molecule has 0 saturated heterocycles. The van der Waals surface area contributed by atoms with Gasteiger partial charge in [-0.05, 0) is 50.6 Å². The Morgan fingerprint density at radius 3 is 2.54 bits per heavy atom. The molecule has 0 aliphatic rings. The van der Waals surface area contributed by atoms with E-state index in [1.54, 1.807) is 32.4 Å². The van der Waals surface area contributed by atoms with Crippen LogP contribution in [-0.4, -0.2) is 44.4 Å². The Bertz CT molecular complexity index is 1240. The van der Waals surface area contributed by atoms with Gasteiger partial charge >= 0.3 is 5.97 Å². The van der Waals surface area contributed by atoms with Gasteiger partial charge in [0.05, 0.1) is 22.3 Å². The van der Waals surface area contributed by atoms with Crippen molar-refractivity contribution in [3.8, 4) is 5.75 Å². The number of hydrogen-bond donors (Lipinski definition) is 2. The number of benzene rings is 1. The molecule has 0 atom stereocenters. The summed E-state index contributed by atoms with van der Waals surface area (Å²) in [5, 5.41) is 11.7. The van der Waals surface area contributed by atoms with Gasteiger partial charge in [-0.15, -0.1) is 21.5 Å². The van der Waals surface area contributed by atoms with Gasteiger partial charge in [0.1, 0.15) is 17.4 Å². The third kappa shape index (κ3) is 6.83. The van der Waals surface area contributed by atoms with Crippen LogP contribution in [0.15, 0.2) is 33.9 Å². The van der Waals surface area contributed by atoms with Crippen molar-refractivity contribution >= 4 is 61.8 Å². The van der Waals surface area contributed by atoms with Gasteiger partial charge < -0.3 is 25.1 Å². The highest BCUT2D eigenvalue weighted by Gasteiger charge is 2.26. The molecule has 1 aromatic carbocycles. The molecule has 186 valence electrons. The van der Waals surface area contributed by atoms with Gasteiger partial charge in [-0.25, -0.2) is 4.79 Å². The van der Waals surface area contributed by atoms with Crippen molar-refractivity contribution in [1.29, 1.82) is 0 Å². The Kier molecular flexibility index (Phi) is 8.92. The van der Waals surface area contributed by atoms with Crippen LogP contribution in [0.25, 0.3) is 0 Å². The number of aromatic nitrogens is 3. The fraction of sp³-hybridized carbons (Fsp3) is 0.318. The summed E-state index contributed by atoms with van der Waals surface area (Å²) in [6, 6.07) is 7.42. The smallest absolute Gasteiger partial charge is 0.341 e. The number of amides is 2. The topological polar surface area (TPSA) is 138 Å². The molecule has 0 fully saturated rings. The third-order valence-corrected chi connectivity index (χ3v) is 7.38. The minimum Gasteiger partial charge on any atom is -0.486 e. The Balaban J connectivity index is 1.64. The Hall–Kier alpha value is -2.90. The predicted octanol–water partition coefficient (Wildman–Crippen LogP) is 3.92. The Labute approximate surface area is 218 Å². The van der Waals surface area contributed by atoms with Crippen LogP contribution in [0.2, 0.25) is 0 Å². The summed E-state index contributed by atoms with van der Waals surface area (Å²) in [7, 11) is 1.78. The second-order valence-corrected chi connectivity index (χ2v) is 10.5. The van der Waals surface area contributed by atoms with E-state index in [4.69, 9.17) is 15.2 Å². The number of carbonyl (C=O) groups excluding carboxylic acids is 3. The Morgan fingerprint density at radius 1 is 1.23 bits per heavy atom. The first-order valence-electron chi connectivity index (χ1n) is 10.4. The molecule has 2 aromatic heterocycles. The van der Waals surface area contributed by atoms with Crippen molar-refractivity contribution in [1.82, 2.24) is 14.8 Å². The molecule has 0 spiro atoms. The number of esters is 1. The number of rotatable bonds is 10. The van der Waals surface area contributed by atoms with Gasteiger partial charge in [-0.2, -0.15) is 0 Å². The fourth-order valence-electron chi connectivity index (χ4n) is 2.92. The highest BCUT2D eigenvalue weighted by atomic mass is 79.9. The standard InChI is InChI=1S/C22H24BrN5O5S2/c1-11(2)33-21(31)17-12(3)18(19(24)30)35-20(17)25-16(29)10-34-22-27-26-15(28(22)4)9-32-14-7-5-13(23)6-8-14/h5-8,11H,9-10H2,1-4H3,(H2,24,30)(H,25,29). The first kappa shape index (κ1) is 26.7. The van der Waals surface area contributed by atoms with E-state index in [2.05, 4.69) is 31.4 Å². The molecule has 10 nitrogen and oxygen atoms in total. The van der Waals surface area contributed by atoms with E-state index in [1.165, 1.54) is 11.8 Å². The molecule has 0 unspecified atom stereocenters. The highest BCUT2D eigenvalue weighted by molar-refractivity contribution is 9.10. The lowest BCUT2D eigenvalue weighted by atomic mass is 10.1. The van der Waals surface area contributed by atoms with E-state index in [-0.39, 0.29) is 39.8 Å². The number of carbonyl (C=O) groups is 3. The molecule has 3 N–H and O–H groups in total. The van der Waals surface area contributed by atoms with Crippen molar-refractivity contribution in [2.45, 2.75) is 38.6 Å². The minimum atomic E-state index is -0.682. The van der Waals surface area contributed by atoms with E-state index in [0.717, 1.165) is 15.8 Å². The quantitative estimate of drug-likeness (QED) is 0.271. The zero-order valence-electron chi connectivity index (χ0n) is 19.5. The number of nitrogens with two attached hydrogens (primary N) is 1. The van der Waals surface area contributed by atoms with Crippen LogP contribution in [0.3, 0.4) is 0 Å². The molecule has 3 rings (SSSR count). The normalized spacial score (nSPS) is 10.9. The number of nitrogens with zero attached hydrogens (tertiary/aromatic N) is 3. The second-order valence-electron chi connectivity index (χ2n) is 7.62. The van der Waals surface area contributed by atoms with Gasteiger partial charge in [-0.1, -0.05) is 27.7 Å². The van der Waals surface area contributed by atoms with Crippen molar-refractivity contribution in [3.63, 3.8) is 0 Å². The molecular weight excluding hydrogens is 558 g/mol. The van der Waals surface area contributed by atoms with Crippen molar-refractivity contribution < 1.29 is 23.9 Å². The van der Waals surface area contributed by atoms with Crippen LogP contribution in [-0.2, 0) is 23.2 Å². The van der Waals surface area contributed by atoms with Crippen LogP contribution in [0.5, 0.6) is 5.75 Å². The van der Waals surface area contributed by atoms with Crippen LogP contribution < -0.4 is 15.8 Å². The number of primary amides is 1. The number of ether oxygens (including phenoxy) is 2. The molecule has 13 heteroatoms. The summed E-state index contributed by atoms with van der Waals surface area (Å²) in [5.74, 6) is -0.416. The number of halogens is 1. The van der Waals surface area contributed by atoms with Gasteiger partial charge in [-0.3, -0.25) is 9.59 Å². The highest BCUT2D eigenvalue weighted by Crippen LogP contribution is 2.34. The number of thioether (sulfide) groups is 1. The number of thiophene rings is 1. The number of hydrogen-bond acceptors (Lipinski definition) is 9. The molecule has 2 heterocycles. The predicted molar refractivity (Wildman–Crippen MR) is 137 cm³/mol. The zero-order valence-corrected chi connectivity index (χ0v) is 22.7. The lowest BCUT2D eigenvalue weighted by Crippen LogP contribution is -2.18. The molecule has 35 heavy (non-hydrogen) atoms. The van der Waals surface area contributed by atoms with E-state index in [0.29, 0.717) is 22.3 Å². The molecule has 2 amide bonds. The lowest BCUT2D eigenvalue weighted by Gasteiger charge is -2.10. The van der Waals surface area contributed by atoms with Gasteiger partial charge in [0.2, 0.25) is 5.91 Å². The third-order valence-electron chi connectivity index (χ3n) is 4.61. The molecular formula is C22H24BrN5O5S2. The largest absolute Gasteiger partial charge is 0.486 e. The van der Waals surface area contributed by atoms with Crippen LogP contribution in [0.4, 0.5) is 5.00 Å². The Morgan fingerprint density at radius 2 is 1.91 bits per heavy atom. The average Bonchev–Trinajstić information content (AvgIpc) is 3.30. The van der Waals surface area contributed by atoms with E-state index < -0.39 is 11.9 Å². The summed E-state index contributed by atoms with van der Waals surface area (Å²) in [5.41, 5.74) is 5.92. The van der Waals surface area contributed by atoms with Crippen LogP contribution in [0.1, 0.15) is 45.3 Å². The molecule has 0 bridgehead atoms. The second kappa shape index (κ2) is 11.7. The lowest BCUT2D eigenvalue weighted by molar-refractivity contribution is -0.113. The summed E-state index contributed by atoms with van der Waals surface area (Å²) in [6.45, 7) is 5.23. The number of nitrogens with one attached hydrogen (secondary N) is 1. The molecule has 0 aliphatic heterocycles. The van der Waals surface area contributed by atoms with Gasteiger partial charge in [0, 0.05) is 11.5 Å². The molecule has 3 aromatic rings. The summed E-state index contributed by atoms with van der Waals surface area (Å²) < 4.78 is 13.7. The maximum absolute atomic E-state index is 12.6. The van der Waals surface area contributed by atoms with Gasteiger partial charge in [0.15, 0.2) is 11.0 Å². The first-order chi connectivity index (χ1) is 16.6. The maximum Gasteiger partial charge on any atom is 0.341 e. The van der Waals surface area contributed by atoms with E-state index in [1.807, 2.05) is 24.3 Å². The van der Waals surface area contributed by atoms with Crippen molar-refractivity contribution in [2.75, 3.05) is 11.1 Å². The van der Waals surface area contributed by atoms with Crippen molar-refractivity contribution in [2.24, 2.45) is 12.8 Å².